The van der Waals surface area contributed by atoms with Crippen LogP contribution in [0, 0.1) is 0 Å². The molecule has 0 N–H and O–H groups in total. The van der Waals surface area contributed by atoms with Gasteiger partial charge < -0.3 is 8.97 Å². The highest BCUT2D eigenvalue weighted by Crippen LogP contribution is 2.32. The predicted octanol–water partition coefficient (Wildman–Crippen LogP) is 4.20. The Hall–Kier alpha value is -2.29. The zero-order valence-corrected chi connectivity index (χ0v) is 13.3. The smallest absolute Gasteiger partial charge is 0.275 e. The van der Waals surface area contributed by atoms with E-state index in [1.165, 1.54) is 43.2 Å². The van der Waals surface area contributed by atoms with Gasteiger partial charge in [0.25, 0.3) is 5.56 Å². The Kier molecular flexibility index (Phi) is 3.78. The number of hydrogen-bond acceptors (Lipinski definition) is 1. The lowest BCUT2D eigenvalue weighted by Crippen LogP contribution is -2.21. The van der Waals surface area contributed by atoms with Crippen molar-refractivity contribution in [3.63, 3.8) is 0 Å². The molecule has 0 aliphatic heterocycles. The van der Waals surface area contributed by atoms with Crippen LogP contribution in [0.4, 0.5) is 0 Å². The van der Waals surface area contributed by atoms with E-state index in [-0.39, 0.29) is 5.56 Å². The summed E-state index contributed by atoms with van der Waals surface area (Å²) < 4.78 is 3.65. The summed E-state index contributed by atoms with van der Waals surface area (Å²) in [5, 5.41) is 0. The van der Waals surface area contributed by atoms with Gasteiger partial charge in [-0.05, 0) is 42.0 Å². The number of benzene rings is 1. The van der Waals surface area contributed by atoms with E-state index in [9.17, 15) is 4.79 Å². The number of fused-ring (bicyclic) bond motifs is 1. The highest BCUT2D eigenvalue weighted by Gasteiger charge is 2.15. The summed E-state index contributed by atoms with van der Waals surface area (Å²) in [7, 11) is 0. The van der Waals surface area contributed by atoms with Crippen LogP contribution < -0.4 is 5.56 Å². The SMILES string of the molecule is O=c1c2cccn2ccn1Cc1ccc(C2CCCCC2)cc1. The maximum atomic E-state index is 12.5. The van der Waals surface area contributed by atoms with Crippen molar-refractivity contribution >= 4 is 5.52 Å². The van der Waals surface area contributed by atoms with Gasteiger partial charge in [-0.2, -0.15) is 0 Å². The Morgan fingerprint density at radius 1 is 0.913 bits per heavy atom. The van der Waals surface area contributed by atoms with E-state index in [4.69, 9.17) is 0 Å². The Morgan fingerprint density at radius 2 is 1.70 bits per heavy atom. The maximum absolute atomic E-state index is 12.5. The molecule has 1 aromatic carbocycles. The molecule has 2 heterocycles. The minimum Gasteiger partial charge on any atom is -0.318 e. The maximum Gasteiger partial charge on any atom is 0.275 e. The van der Waals surface area contributed by atoms with Crippen molar-refractivity contribution < 1.29 is 0 Å². The molecular weight excluding hydrogens is 284 g/mol. The molecule has 0 bridgehead atoms. The van der Waals surface area contributed by atoms with E-state index in [1.54, 1.807) is 4.57 Å². The average molecular weight is 306 g/mol. The number of aromatic nitrogens is 2. The first-order valence-electron chi connectivity index (χ1n) is 8.56. The molecule has 0 saturated heterocycles. The first-order chi connectivity index (χ1) is 11.3. The summed E-state index contributed by atoms with van der Waals surface area (Å²) >= 11 is 0. The molecular formula is C20H22N2O. The lowest BCUT2D eigenvalue weighted by atomic mass is 9.84. The molecule has 23 heavy (non-hydrogen) atoms. The van der Waals surface area contributed by atoms with E-state index >= 15 is 0 Å². The second-order valence-corrected chi connectivity index (χ2v) is 6.61. The zero-order valence-electron chi connectivity index (χ0n) is 13.3. The quantitative estimate of drug-likeness (QED) is 0.712. The monoisotopic (exact) mass is 306 g/mol. The van der Waals surface area contributed by atoms with E-state index in [2.05, 4.69) is 24.3 Å². The molecule has 4 rings (SSSR count). The van der Waals surface area contributed by atoms with Gasteiger partial charge >= 0.3 is 0 Å². The molecule has 1 aliphatic rings. The van der Waals surface area contributed by atoms with Crippen LogP contribution in [0.5, 0.6) is 0 Å². The molecule has 0 atom stereocenters. The van der Waals surface area contributed by atoms with E-state index in [1.807, 2.05) is 35.1 Å². The van der Waals surface area contributed by atoms with Gasteiger partial charge in [0.05, 0.1) is 6.54 Å². The number of rotatable bonds is 3. The summed E-state index contributed by atoms with van der Waals surface area (Å²) in [6.07, 6.45) is 12.5. The Morgan fingerprint density at radius 3 is 2.48 bits per heavy atom. The topological polar surface area (TPSA) is 26.4 Å². The number of hydrogen-bond donors (Lipinski definition) is 0. The minimum atomic E-state index is 0.0638. The van der Waals surface area contributed by atoms with Crippen molar-refractivity contribution in [2.75, 3.05) is 0 Å². The van der Waals surface area contributed by atoms with Gasteiger partial charge in [0.2, 0.25) is 0 Å². The second kappa shape index (κ2) is 6.07. The van der Waals surface area contributed by atoms with E-state index in [0.717, 1.165) is 11.4 Å². The molecule has 2 aromatic heterocycles. The molecule has 1 saturated carbocycles. The molecule has 0 unspecified atom stereocenters. The highest BCUT2D eigenvalue weighted by molar-refractivity contribution is 5.45. The fourth-order valence-corrected chi connectivity index (χ4v) is 3.72. The Bertz CT molecular complexity index is 851. The first-order valence-corrected chi connectivity index (χ1v) is 8.56. The van der Waals surface area contributed by atoms with Crippen LogP contribution in [0.2, 0.25) is 0 Å². The van der Waals surface area contributed by atoms with Crippen molar-refractivity contribution in [1.82, 2.24) is 8.97 Å². The summed E-state index contributed by atoms with van der Waals surface area (Å²) in [6.45, 7) is 0.630. The fourth-order valence-electron chi connectivity index (χ4n) is 3.72. The fraction of sp³-hybridized carbons (Fsp3) is 0.350. The third-order valence-corrected chi connectivity index (χ3v) is 5.08. The average Bonchev–Trinajstić information content (AvgIpc) is 3.08. The Labute approximate surface area is 136 Å². The lowest BCUT2D eigenvalue weighted by molar-refractivity contribution is 0.443. The Balaban J connectivity index is 1.56. The molecule has 1 fully saturated rings. The van der Waals surface area contributed by atoms with E-state index in [0.29, 0.717) is 6.54 Å². The van der Waals surface area contributed by atoms with Crippen LogP contribution in [0.15, 0.2) is 59.8 Å². The van der Waals surface area contributed by atoms with E-state index < -0.39 is 0 Å². The van der Waals surface area contributed by atoms with Crippen molar-refractivity contribution in [3.8, 4) is 0 Å². The number of nitrogens with zero attached hydrogens (tertiary/aromatic N) is 2. The standard InChI is InChI=1S/C20H22N2O/c23-20-19-7-4-12-21(19)13-14-22(20)15-16-8-10-18(11-9-16)17-5-2-1-3-6-17/h4,7-14,17H,1-3,5-6,15H2. The molecule has 0 radical (unpaired) electrons. The predicted molar refractivity (Wildman–Crippen MR) is 93.0 cm³/mol. The van der Waals surface area contributed by atoms with Crippen molar-refractivity contribution in [2.45, 2.75) is 44.6 Å². The van der Waals surface area contributed by atoms with Crippen LogP contribution in [-0.4, -0.2) is 8.97 Å². The van der Waals surface area contributed by atoms with Gasteiger partial charge in [0, 0.05) is 18.6 Å². The van der Waals surface area contributed by atoms with Crippen LogP contribution in [0.3, 0.4) is 0 Å². The normalized spacial score (nSPS) is 16.0. The second-order valence-electron chi connectivity index (χ2n) is 6.61. The van der Waals surface area contributed by atoms with Crippen LogP contribution >= 0.6 is 0 Å². The van der Waals surface area contributed by atoms with Gasteiger partial charge in [0.1, 0.15) is 5.52 Å². The third-order valence-electron chi connectivity index (χ3n) is 5.08. The van der Waals surface area contributed by atoms with Gasteiger partial charge in [-0.15, -0.1) is 0 Å². The summed E-state index contributed by atoms with van der Waals surface area (Å²) in [5.74, 6) is 0.734. The first kappa shape index (κ1) is 14.3. The van der Waals surface area contributed by atoms with Gasteiger partial charge in [0.15, 0.2) is 0 Å². The molecule has 118 valence electrons. The molecule has 3 nitrogen and oxygen atoms in total. The summed E-state index contributed by atoms with van der Waals surface area (Å²) in [4.78, 5) is 12.5. The molecule has 1 aliphatic carbocycles. The van der Waals surface area contributed by atoms with Gasteiger partial charge in [-0.25, -0.2) is 0 Å². The molecule has 3 aromatic rings. The molecule has 0 spiro atoms. The van der Waals surface area contributed by atoms with Crippen molar-refractivity contribution in [2.24, 2.45) is 0 Å². The van der Waals surface area contributed by atoms with Gasteiger partial charge in [-0.1, -0.05) is 43.5 Å². The van der Waals surface area contributed by atoms with Gasteiger partial charge in [-0.3, -0.25) is 4.79 Å². The molecule has 0 amide bonds. The van der Waals surface area contributed by atoms with Crippen LogP contribution in [-0.2, 0) is 6.54 Å². The van der Waals surface area contributed by atoms with Crippen molar-refractivity contribution in [1.29, 1.82) is 0 Å². The lowest BCUT2D eigenvalue weighted by Gasteiger charge is -2.22. The third kappa shape index (κ3) is 2.83. The van der Waals surface area contributed by atoms with Crippen LogP contribution in [0.1, 0.15) is 49.1 Å². The minimum absolute atomic E-state index is 0.0638. The zero-order chi connectivity index (χ0) is 15.6. The van der Waals surface area contributed by atoms with Crippen LogP contribution in [0.25, 0.3) is 5.52 Å². The molecule has 3 heteroatoms. The highest BCUT2D eigenvalue weighted by atomic mass is 16.1. The summed E-state index contributed by atoms with van der Waals surface area (Å²) in [6, 6.07) is 12.6. The summed E-state index contributed by atoms with van der Waals surface area (Å²) in [5.41, 5.74) is 3.44. The largest absolute Gasteiger partial charge is 0.318 e. The van der Waals surface area contributed by atoms with Crippen molar-refractivity contribution in [3.05, 3.63) is 76.5 Å².